The summed E-state index contributed by atoms with van der Waals surface area (Å²) in [5.41, 5.74) is -0.870. The number of hydrogen-bond donors (Lipinski definition) is 1. The Bertz CT molecular complexity index is 471. The largest absolute Gasteiger partial charge is 0.477 e. The maximum Gasteiger partial charge on any atom is 0.423 e. The van der Waals surface area contributed by atoms with E-state index in [9.17, 15) is 31.1 Å². The number of pyridine rings is 1. The van der Waals surface area contributed by atoms with Gasteiger partial charge >= 0.3 is 18.3 Å². The van der Waals surface area contributed by atoms with Crippen molar-refractivity contribution in [2.45, 2.75) is 25.1 Å². The van der Waals surface area contributed by atoms with E-state index >= 15 is 0 Å². The smallest absolute Gasteiger partial charge is 0.423 e. The third-order valence-electron chi connectivity index (χ3n) is 2.02. The summed E-state index contributed by atoms with van der Waals surface area (Å²) in [5, 5.41) is 8.58. The highest BCUT2D eigenvalue weighted by Crippen LogP contribution is 2.36. The Morgan fingerprint density at radius 3 is 2.20 bits per heavy atom. The fraction of sp³-hybridized carbons (Fsp3) is 0.400. The van der Waals surface area contributed by atoms with E-state index < -0.39 is 36.7 Å². The van der Waals surface area contributed by atoms with Crippen molar-refractivity contribution >= 4 is 5.97 Å². The van der Waals surface area contributed by atoms with E-state index in [2.05, 4.69) is 9.72 Å². The molecule has 1 aromatic rings. The highest BCUT2D eigenvalue weighted by atomic mass is 19.4. The minimum atomic E-state index is -5.62. The highest BCUT2D eigenvalue weighted by Gasteiger charge is 2.57. The number of ether oxygens (including phenoxy) is 1. The van der Waals surface area contributed by atoms with Crippen LogP contribution in [-0.2, 0) is 11.3 Å². The molecule has 4 nitrogen and oxygen atoms in total. The van der Waals surface area contributed by atoms with Crippen molar-refractivity contribution in [1.29, 1.82) is 0 Å². The summed E-state index contributed by atoms with van der Waals surface area (Å²) < 4.78 is 76.8. The van der Waals surface area contributed by atoms with Gasteiger partial charge in [0, 0.05) is 0 Å². The maximum absolute atomic E-state index is 12.2. The van der Waals surface area contributed by atoms with Gasteiger partial charge in [-0.2, -0.15) is 26.3 Å². The van der Waals surface area contributed by atoms with Crippen LogP contribution in [0.3, 0.4) is 0 Å². The molecule has 1 N–H and O–H groups in total. The average molecular weight is 303 g/mol. The van der Waals surface area contributed by atoms with Crippen LogP contribution in [0.2, 0.25) is 0 Å². The fourth-order valence-electron chi connectivity index (χ4n) is 1.22. The summed E-state index contributed by atoms with van der Waals surface area (Å²) >= 11 is 0. The lowest BCUT2D eigenvalue weighted by Gasteiger charge is -2.22. The minimum Gasteiger partial charge on any atom is -0.477 e. The zero-order chi connectivity index (χ0) is 15.6. The summed E-state index contributed by atoms with van der Waals surface area (Å²) in [6.45, 7) is -1.12. The topological polar surface area (TPSA) is 59.4 Å². The van der Waals surface area contributed by atoms with Crippen molar-refractivity contribution in [2.75, 3.05) is 0 Å². The Morgan fingerprint density at radius 1 is 1.20 bits per heavy atom. The van der Waals surface area contributed by atoms with Gasteiger partial charge in [0.25, 0.3) is 0 Å². The molecule has 0 unspecified atom stereocenters. The Balaban J connectivity index is 2.83. The predicted octanol–water partition coefficient (Wildman–Crippen LogP) is 2.79. The third-order valence-corrected chi connectivity index (χ3v) is 2.02. The van der Waals surface area contributed by atoms with Crippen molar-refractivity contribution < 1.29 is 41.0 Å². The summed E-state index contributed by atoms with van der Waals surface area (Å²) in [6, 6.07) is 3.22. The summed E-state index contributed by atoms with van der Waals surface area (Å²) in [6.07, 6.45) is -15.2. The van der Waals surface area contributed by atoms with Crippen molar-refractivity contribution in [3.8, 4) is 0 Å². The first-order valence-corrected chi connectivity index (χ1v) is 4.96. The second kappa shape index (κ2) is 5.65. The normalized spacial score (nSPS) is 12.8. The molecule has 0 aliphatic heterocycles. The van der Waals surface area contributed by atoms with E-state index in [0.717, 1.165) is 18.2 Å². The van der Waals surface area contributed by atoms with Crippen LogP contribution in [0.25, 0.3) is 0 Å². The minimum absolute atomic E-state index is 0.358. The van der Waals surface area contributed by atoms with E-state index in [1.54, 1.807) is 0 Å². The second-order valence-electron chi connectivity index (χ2n) is 3.59. The van der Waals surface area contributed by atoms with E-state index in [-0.39, 0.29) is 5.69 Å². The first-order chi connectivity index (χ1) is 9.01. The summed E-state index contributed by atoms with van der Waals surface area (Å²) in [7, 11) is 0. The Hall–Kier alpha value is -1.84. The van der Waals surface area contributed by atoms with Gasteiger partial charge in [0.15, 0.2) is 0 Å². The lowest BCUT2D eigenvalue weighted by molar-refractivity contribution is -0.324. The molecule has 112 valence electrons. The molecule has 0 aliphatic carbocycles. The van der Waals surface area contributed by atoms with Gasteiger partial charge in [0.1, 0.15) is 5.69 Å². The SMILES string of the molecule is O=C(O)c1cccc(COC(C(F)(F)F)C(F)(F)F)n1. The molecule has 0 amide bonds. The number of carbonyl (C=O) groups is 1. The molecule has 0 fully saturated rings. The van der Waals surface area contributed by atoms with Gasteiger partial charge in [0.05, 0.1) is 12.3 Å². The molecule has 1 rings (SSSR count). The standard InChI is InChI=1S/C10H7F6NO3/c11-9(12,13)8(10(14,15)16)20-4-5-2-1-3-6(17-5)7(18)19/h1-3,8H,4H2,(H,18,19). The number of carboxylic acids is 1. The molecule has 0 radical (unpaired) electrons. The molecule has 0 atom stereocenters. The molecule has 1 heterocycles. The van der Waals surface area contributed by atoms with Crippen LogP contribution in [0.4, 0.5) is 26.3 Å². The molecule has 0 aliphatic rings. The van der Waals surface area contributed by atoms with Crippen LogP contribution in [0, 0.1) is 0 Å². The molecular formula is C10H7F6NO3. The zero-order valence-electron chi connectivity index (χ0n) is 9.50. The molecule has 0 saturated carbocycles. The van der Waals surface area contributed by atoms with Crippen molar-refractivity contribution in [1.82, 2.24) is 4.98 Å². The van der Waals surface area contributed by atoms with Crippen LogP contribution in [0.5, 0.6) is 0 Å². The van der Waals surface area contributed by atoms with E-state index in [0.29, 0.717) is 0 Å². The third kappa shape index (κ3) is 4.37. The van der Waals surface area contributed by atoms with Gasteiger partial charge in [-0.15, -0.1) is 0 Å². The number of hydrogen-bond acceptors (Lipinski definition) is 3. The lowest BCUT2D eigenvalue weighted by Crippen LogP contribution is -2.44. The van der Waals surface area contributed by atoms with Gasteiger partial charge in [-0.05, 0) is 12.1 Å². The van der Waals surface area contributed by atoms with Crippen LogP contribution >= 0.6 is 0 Å². The van der Waals surface area contributed by atoms with Crippen LogP contribution in [-0.4, -0.2) is 34.5 Å². The Kier molecular flexibility index (Phi) is 4.58. The van der Waals surface area contributed by atoms with Crippen molar-refractivity contribution in [3.05, 3.63) is 29.6 Å². The number of rotatable bonds is 4. The predicted molar refractivity (Wildman–Crippen MR) is 51.9 cm³/mol. The molecule has 1 aromatic heterocycles. The molecule has 10 heteroatoms. The highest BCUT2D eigenvalue weighted by molar-refractivity contribution is 5.85. The first-order valence-electron chi connectivity index (χ1n) is 4.96. The van der Waals surface area contributed by atoms with Crippen LogP contribution in [0.1, 0.15) is 16.2 Å². The Morgan fingerprint density at radius 2 is 1.75 bits per heavy atom. The zero-order valence-corrected chi connectivity index (χ0v) is 9.50. The lowest BCUT2D eigenvalue weighted by atomic mass is 10.3. The number of alkyl halides is 6. The number of aromatic nitrogens is 1. The Labute approximate surface area is 108 Å². The van der Waals surface area contributed by atoms with Gasteiger partial charge in [0.2, 0.25) is 6.10 Å². The maximum atomic E-state index is 12.2. The number of halogens is 6. The van der Waals surface area contributed by atoms with Gasteiger partial charge < -0.3 is 9.84 Å². The molecule has 0 aromatic carbocycles. The fourth-order valence-corrected chi connectivity index (χ4v) is 1.22. The number of aromatic carboxylic acids is 1. The van der Waals surface area contributed by atoms with Crippen molar-refractivity contribution in [3.63, 3.8) is 0 Å². The number of carboxylic acid groups (broad SMARTS) is 1. The number of nitrogens with zero attached hydrogens (tertiary/aromatic N) is 1. The second-order valence-corrected chi connectivity index (χ2v) is 3.59. The van der Waals surface area contributed by atoms with Gasteiger partial charge in [-0.3, -0.25) is 0 Å². The molecule has 0 saturated heterocycles. The molecular weight excluding hydrogens is 296 g/mol. The van der Waals surface area contributed by atoms with Crippen molar-refractivity contribution in [2.24, 2.45) is 0 Å². The molecule has 0 bridgehead atoms. The van der Waals surface area contributed by atoms with Crippen LogP contribution < -0.4 is 0 Å². The van der Waals surface area contributed by atoms with Crippen LogP contribution in [0.15, 0.2) is 18.2 Å². The summed E-state index contributed by atoms with van der Waals surface area (Å²) in [4.78, 5) is 13.9. The quantitative estimate of drug-likeness (QED) is 0.869. The monoisotopic (exact) mass is 303 g/mol. The van der Waals surface area contributed by atoms with E-state index in [4.69, 9.17) is 5.11 Å². The van der Waals surface area contributed by atoms with Gasteiger partial charge in [-0.25, -0.2) is 9.78 Å². The van der Waals surface area contributed by atoms with Gasteiger partial charge in [-0.1, -0.05) is 6.07 Å². The summed E-state index contributed by atoms with van der Waals surface area (Å²) in [5.74, 6) is -1.46. The molecule has 20 heavy (non-hydrogen) atoms. The van der Waals surface area contributed by atoms with E-state index in [1.807, 2.05) is 0 Å². The average Bonchev–Trinajstić information content (AvgIpc) is 2.25. The molecule has 0 spiro atoms. The first kappa shape index (κ1) is 16.2. The van der Waals surface area contributed by atoms with E-state index in [1.165, 1.54) is 0 Å².